The summed E-state index contributed by atoms with van der Waals surface area (Å²) < 4.78 is 0. The van der Waals surface area contributed by atoms with E-state index < -0.39 is 0 Å². The van der Waals surface area contributed by atoms with Crippen molar-refractivity contribution in [3.63, 3.8) is 0 Å². The Hall–Kier alpha value is -0.790. The molecule has 18 heavy (non-hydrogen) atoms. The molecule has 1 fully saturated rings. The second-order valence-corrected chi connectivity index (χ2v) is 6.56. The van der Waals surface area contributed by atoms with Crippen LogP contribution in [0.1, 0.15) is 59.8 Å². The number of fused-ring (bicyclic) bond motifs is 1. The molecule has 0 radical (unpaired) electrons. The van der Waals surface area contributed by atoms with E-state index in [2.05, 4.69) is 44.4 Å². The van der Waals surface area contributed by atoms with E-state index in [1.807, 2.05) is 0 Å². The third kappa shape index (κ3) is 2.96. The quantitative estimate of drug-likeness (QED) is 0.772. The molecule has 2 atom stereocenters. The Balaban J connectivity index is 2.16. The van der Waals surface area contributed by atoms with E-state index in [1.54, 1.807) is 5.57 Å². The number of nitrogens with zero attached hydrogens (tertiary/aromatic N) is 1. The molecule has 0 aromatic heterocycles. The molecular formula is C16H28N2. The highest BCUT2D eigenvalue weighted by Crippen LogP contribution is 2.36. The second kappa shape index (κ2) is 5.90. The van der Waals surface area contributed by atoms with E-state index in [0.29, 0.717) is 11.8 Å². The van der Waals surface area contributed by atoms with Gasteiger partial charge in [-0.2, -0.15) is 5.10 Å². The Labute approximate surface area is 112 Å². The fourth-order valence-corrected chi connectivity index (χ4v) is 3.38. The van der Waals surface area contributed by atoms with Gasteiger partial charge >= 0.3 is 0 Å². The lowest BCUT2D eigenvalue weighted by Gasteiger charge is -2.32. The van der Waals surface area contributed by atoms with Crippen LogP contribution < -0.4 is 5.43 Å². The summed E-state index contributed by atoms with van der Waals surface area (Å²) in [4.78, 5) is 0. The molecule has 1 heterocycles. The zero-order valence-electron chi connectivity index (χ0n) is 12.4. The number of hydrogen-bond donors (Lipinski definition) is 1. The molecule has 2 unspecified atom stereocenters. The zero-order valence-corrected chi connectivity index (χ0v) is 12.4. The molecule has 0 aromatic rings. The lowest BCUT2D eigenvalue weighted by atomic mass is 9.77. The summed E-state index contributed by atoms with van der Waals surface area (Å²) in [5.41, 5.74) is 6.30. The summed E-state index contributed by atoms with van der Waals surface area (Å²) >= 11 is 0. The van der Waals surface area contributed by atoms with Gasteiger partial charge < -0.3 is 0 Å². The lowest BCUT2D eigenvalue weighted by molar-refractivity contribution is 0.306. The molecule has 1 aliphatic carbocycles. The van der Waals surface area contributed by atoms with Crippen LogP contribution in [-0.4, -0.2) is 6.21 Å². The Kier molecular flexibility index (Phi) is 4.47. The van der Waals surface area contributed by atoms with E-state index in [0.717, 1.165) is 11.8 Å². The highest BCUT2D eigenvalue weighted by molar-refractivity contribution is 5.67. The molecule has 0 spiro atoms. The normalized spacial score (nSPS) is 29.0. The maximum absolute atomic E-state index is 4.36. The Morgan fingerprint density at radius 1 is 1.17 bits per heavy atom. The molecule has 0 bridgehead atoms. The smallest absolute Gasteiger partial charge is 0.0359 e. The predicted octanol–water partition coefficient (Wildman–Crippen LogP) is 4.34. The molecule has 1 aliphatic heterocycles. The van der Waals surface area contributed by atoms with Gasteiger partial charge in [0.1, 0.15) is 0 Å². The van der Waals surface area contributed by atoms with Crippen molar-refractivity contribution < 1.29 is 0 Å². The van der Waals surface area contributed by atoms with Crippen LogP contribution >= 0.6 is 0 Å². The molecule has 2 nitrogen and oxygen atoms in total. The van der Waals surface area contributed by atoms with Crippen LogP contribution in [0.2, 0.25) is 0 Å². The zero-order chi connectivity index (χ0) is 13.1. The van der Waals surface area contributed by atoms with Gasteiger partial charge in [0.25, 0.3) is 0 Å². The predicted molar refractivity (Wildman–Crippen MR) is 78.4 cm³/mol. The van der Waals surface area contributed by atoms with Crippen LogP contribution in [0.15, 0.2) is 16.4 Å². The minimum Gasteiger partial charge on any atom is -0.283 e. The van der Waals surface area contributed by atoms with Crippen LogP contribution in [-0.2, 0) is 0 Å². The monoisotopic (exact) mass is 248 g/mol. The first-order valence-electron chi connectivity index (χ1n) is 7.61. The van der Waals surface area contributed by atoms with Gasteiger partial charge in [-0.1, -0.05) is 40.5 Å². The van der Waals surface area contributed by atoms with Gasteiger partial charge in [-0.15, -0.1) is 0 Å². The fraction of sp³-hybridized carbons (Fsp3) is 0.812. The molecule has 1 saturated carbocycles. The highest BCUT2D eigenvalue weighted by atomic mass is 15.3. The molecule has 1 N–H and O–H groups in total. The third-order valence-corrected chi connectivity index (χ3v) is 4.63. The Morgan fingerprint density at radius 3 is 2.61 bits per heavy atom. The Morgan fingerprint density at radius 2 is 1.94 bits per heavy atom. The van der Waals surface area contributed by atoms with Crippen molar-refractivity contribution in [2.24, 2.45) is 28.8 Å². The molecule has 0 saturated heterocycles. The summed E-state index contributed by atoms with van der Waals surface area (Å²) in [7, 11) is 0. The van der Waals surface area contributed by atoms with Gasteiger partial charge in [-0.25, -0.2) is 0 Å². The van der Waals surface area contributed by atoms with Crippen molar-refractivity contribution in [2.75, 3.05) is 0 Å². The van der Waals surface area contributed by atoms with Crippen molar-refractivity contribution >= 4 is 6.21 Å². The SMILES string of the molecule is CC(C)C1=C2CCC(C(C)C)CCCC2C=NN1. The van der Waals surface area contributed by atoms with Gasteiger partial charge in [0.2, 0.25) is 0 Å². The highest BCUT2D eigenvalue weighted by Gasteiger charge is 2.26. The summed E-state index contributed by atoms with van der Waals surface area (Å²) in [5.74, 6) is 2.91. The number of nitrogens with one attached hydrogen (secondary N) is 1. The minimum absolute atomic E-state index is 0.567. The fourth-order valence-electron chi connectivity index (χ4n) is 3.38. The van der Waals surface area contributed by atoms with Crippen molar-refractivity contribution in [1.82, 2.24) is 5.43 Å². The van der Waals surface area contributed by atoms with Crippen LogP contribution in [0.3, 0.4) is 0 Å². The van der Waals surface area contributed by atoms with E-state index >= 15 is 0 Å². The molecule has 0 amide bonds. The molecule has 2 heteroatoms. The lowest BCUT2D eigenvalue weighted by Crippen LogP contribution is -2.27. The summed E-state index contributed by atoms with van der Waals surface area (Å²) in [6.45, 7) is 9.29. The maximum Gasteiger partial charge on any atom is 0.0359 e. The molecular weight excluding hydrogens is 220 g/mol. The van der Waals surface area contributed by atoms with E-state index in [4.69, 9.17) is 0 Å². The number of hydrazone groups is 1. The number of allylic oxidation sites excluding steroid dienone is 2. The van der Waals surface area contributed by atoms with E-state index in [-0.39, 0.29) is 0 Å². The molecule has 2 aliphatic rings. The second-order valence-electron chi connectivity index (χ2n) is 6.56. The maximum atomic E-state index is 4.36. The molecule has 2 rings (SSSR count). The van der Waals surface area contributed by atoms with Gasteiger partial charge in [0.15, 0.2) is 0 Å². The third-order valence-electron chi connectivity index (χ3n) is 4.63. The van der Waals surface area contributed by atoms with Crippen LogP contribution in [0.5, 0.6) is 0 Å². The number of hydrogen-bond acceptors (Lipinski definition) is 2. The van der Waals surface area contributed by atoms with Crippen LogP contribution in [0.4, 0.5) is 0 Å². The van der Waals surface area contributed by atoms with Gasteiger partial charge in [0.05, 0.1) is 0 Å². The first-order chi connectivity index (χ1) is 8.59. The van der Waals surface area contributed by atoms with Crippen molar-refractivity contribution in [3.05, 3.63) is 11.3 Å². The van der Waals surface area contributed by atoms with Crippen molar-refractivity contribution in [3.8, 4) is 0 Å². The topological polar surface area (TPSA) is 24.4 Å². The van der Waals surface area contributed by atoms with Crippen LogP contribution in [0.25, 0.3) is 0 Å². The Bertz CT molecular complexity index is 339. The summed E-state index contributed by atoms with van der Waals surface area (Å²) in [6.07, 6.45) is 8.81. The molecule has 0 aromatic carbocycles. The van der Waals surface area contributed by atoms with E-state index in [9.17, 15) is 0 Å². The first kappa shape index (κ1) is 13.6. The van der Waals surface area contributed by atoms with Gasteiger partial charge in [0, 0.05) is 17.8 Å². The van der Waals surface area contributed by atoms with Crippen LogP contribution in [0, 0.1) is 23.7 Å². The number of rotatable bonds is 2. The average Bonchev–Trinajstić information content (AvgIpc) is 2.28. The van der Waals surface area contributed by atoms with E-state index in [1.165, 1.54) is 37.8 Å². The minimum atomic E-state index is 0.567. The standard InChI is InChI=1S/C16H28N2/c1-11(2)13-6-5-7-14-10-17-18-16(12(3)4)15(14)9-8-13/h10-14,18H,5-9H2,1-4H3. The van der Waals surface area contributed by atoms with Gasteiger partial charge in [-0.3, -0.25) is 5.43 Å². The molecule has 102 valence electrons. The largest absolute Gasteiger partial charge is 0.283 e. The average molecular weight is 248 g/mol. The van der Waals surface area contributed by atoms with Crippen molar-refractivity contribution in [2.45, 2.75) is 59.8 Å². The van der Waals surface area contributed by atoms with Gasteiger partial charge in [-0.05, 0) is 42.6 Å². The van der Waals surface area contributed by atoms with Crippen molar-refractivity contribution in [1.29, 1.82) is 0 Å². The summed E-state index contributed by atoms with van der Waals surface area (Å²) in [5, 5.41) is 4.36. The summed E-state index contributed by atoms with van der Waals surface area (Å²) in [6, 6.07) is 0. The first-order valence-corrected chi connectivity index (χ1v) is 7.61.